The number of nitrogens with one attached hydrogen (secondary N) is 1. The van der Waals surface area contributed by atoms with E-state index in [1.807, 2.05) is 6.92 Å². The number of halogens is 1. The maximum absolute atomic E-state index is 14.1. The Morgan fingerprint density at radius 3 is 2.86 bits per heavy atom. The van der Waals surface area contributed by atoms with Gasteiger partial charge in [-0.05, 0) is 19.1 Å². The molecule has 0 radical (unpaired) electrons. The summed E-state index contributed by atoms with van der Waals surface area (Å²) in [5, 5.41) is 12.6. The van der Waals surface area contributed by atoms with Gasteiger partial charge in [-0.2, -0.15) is 0 Å². The first-order valence-corrected chi connectivity index (χ1v) is 7.59. The van der Waals surface area contributed by atoms with Crippen molar-refractivity contribution in [2.45, 2.75) is 17.3 Å². The number of fused-ring (bicyclic) bond motifs is 3. The van der Waals surface area contributed by atoms with Gasteiger partial charge in [0.05, 0.1) is 21.6 Å². The second-order valence-electron chi connectivity index (χ2n) is 4.97. The number of anilines is 1. The molecule has 1 aliphatic heterocycles. The van der Waals surface area contributed by atoms with Crippen LogP contribution in [0.15, 0.2) is 22.0 Å². The largest absolute Gasteiger partial charge is 0.477 e. The Morgan fingerprint density at radius 1 is 1.55 bits per heavy atom. The van der Waals surface area contributed by atoms with Crippen LogP contribution < -0.4 is 16.5 Å². The summed E-state index contributed by atoms with van der Waals surface area (Å²) in [6.07, 6.45) is 0. The third-order valence-electron chi connectivity index (χ3n) is 3.57. The van der Waals surface area contributed by atoms with Gasteiger partial charge in [0.15, 0.2) is 0 Å². The zero-order chi connectivity index (χ0) is 16.0. The predicted molar refractivity (Wildman–Crippen MR) is 83.2 cm³/mol. The Balaban J connectivity index is 2.32. The van der Waals surface area contributed by atoms with E-state index in [9.17, 15) is 19.1 Å². The minimum absolute atomic E-state index is 0.0102. The van der Waals surface area contributed by atoms with E-state index >= 15 is 0 Å². The number of carbonyl (C=O) groups is 1. The van der Waals surface area contributed by atoms with Crippen molar-refractivity contribution in [3.8, 4) is 0 Å². The van der Waals surface area contributed by atoms with Crippen LogP contribution in [0.4, 0.5) is 10.1 Å². The molecular formula is C14H14FN3O3S. The van der Waals surface area contributed by atoms with Gasteiger partial charge in [0, 0.05) is 18.5 Å². The summed E-state index contributed by atoms with van der Waals surface area (Å²) in [6, 6.07) is 2.62. The summed E-state index contributed by atoms with van der Waals surface area (Å²) in [4.78, 5) is 23.7. The van der Waals surface area contributed by atoms with Crippen molar-refractivity contribution in [1.29, 1.82) is 0 Å². The minimum Gasteiger partial charge on any atom is -0.477 e. The lowest BCUT2D eigenvalue weighted by atomic mass is 10.1. The van der Waals surface area contributed by atoms with Gasteiger partial charge in [0.25, 0.3) is 0 Å². The number of thioether (sulfide) groups is 1. The van der Waals surface area contributed by atoms with Gasteiger partial charge in [-0.25, -0.2) is 9.18 Å². The topological polar surface area (TPSA) is 97.3 Å². The molecule has 2 aromatic rings. The number of benzene rings is 1. The van der Waals surface area contributed by atoms with Crippen LogP contribution in [0.5, 0.6) is 0 Å². The van der Waals surface area contributed by atoms with Gasteiger partial charge in [-0.15, -0.1) is 0 Å². The molecule has 0 spiro atoms. The number of aromatic nitrogens is 1. The van der Waals surface area contributed by atoms with Crippen molar-refractivity contribution >= 4 is 34.3 Å². The summed E-state index contributed by atoms with van der Waals surface area (Å²) in [6.45, 7) is 2.64. The zero-order valence-electron chi connectivity index (χ0n) is 11.7. The first-order chi connectivity index (χ1) is 10.5. The third-order valence-corrected chi connectivity index (χ3v) is 4.74. The molecule has 22 heavy (non-hydrogen) atoms. The molecule has 0 saturated carbocycles. The maximum Gasteiger partial charge on any atom is 0.342 e. The smallest absolute Gasteiger partial charge is 0.342 e. The van der Waals surface area contributed by atoms with Crippen LogP contribution in [0.25, 0.3) is 10.9 Å². The monoisotopic (exact) mass is 323 g/mol. The zero-order valence-corrected chi connectivity index (χ0v) is 12.5. The van der Waals surface area contributed by atoms with E-state index in [1.165, 1.54) is 17.8 Å². The molecule has 1 unspecified atom stereocenters. The third kappa shape index (κ3) is 2.06. The summed E-state index contributed by atoms with van der Waals surface area (Å²) in [5.41, 5.74) is 5.22. The summed E-state index contributed by atoms with van der Waals surface area (Å²) in [5.74, 6) is -1.89. The highest BCUT2D eigenvalue weighted by Gasteiger charge is 2.32. The molecule has 0 aliphatic carbocycles. The van der Waals surface area contributed by atoms with Gasteiger partial charge in [0.2, 0.25) is 5.43 Å². The van der Waals surface area contributed by atoms with E-state index < -0.39 is 17.2 Å². The van der Waals surface area contributed by atoms with Crippen molar-refractivity contribution in [2.24, 2.45) is 5.73 Å². The van der Waals surface area contributed by atoms with E-state index in [0.29, 0.717) is 23.6 Å². The van der Waals surface area contributed by atoms with Crippen molar-refractivity contribution in [3.05, 3.63) is 33.7 Å². The molecule has 1 atom stereocenters. The number of nitrogens with two attached hydrogens (primary N) is 1. The second kappa shape index (κ2) is 5.29. The second-order valence-corrected chi connectivity index (χ2v) is 6.27. The van der Waals surface area contributed by atoms with Gasteiger partial charge < -0.3 is 20.7 Å². The maximum atomic E-state index is 14.1. The fourth-order valence-electron chi connectivity index (χ4n) is 2.58. The average Bonchev–Trinajstić information content (AvgIpc) is 2.45. The molecular weight excluding hydrogens is 309 g/mol. The SMILES string of the molecule is CC1Sc2c(C(=O)O)c(=O)c3cc(F)c(NCCN)cc3n21. The molecule has 1 aliphatic rings. The molecule has 1 aromatic carbocycles. The number of hydrogen-bond donors (Lipinski definition) is 3. The number of pyridine rings is 1. The molecule has 4 N–H and O–H groups in total. The van der Waals surface area contributed by atoms with Crippen LogP contribution >= 0.6 is 11.8 Å². The van der Waals surface area contributed by atoms with E-state index in [2.05, 4.69) is 5.32 Å². The van der Waals surface area contributed by atoms with Crippen LogP contribution in [0.1, 0.15) is 22.7 Å². The summed E-state index contributed by atoms with van der Waals surface area (Å²) >= 11 is 1.31. The molecule has 0 bridgehead atoms. The van der Waals surface area contributed by atoms with Gasteiger partial charge in [0.1, 0.15) is 11.4 Å². The number of rotatable bonds is 4. The van der Waals surface area contributed by atoms with Crippen molar-refractivity contribution in [2.75, 3.05) is 18.4 Å². The number of carboxylic acids is 1. The molecule has 6 nitrogen and oxygen atoms in total. The summed E-state index contributed by atoms with van der Waals surface area (Å²) < 4.78 is 15.8. The normalized spacial score (nSPS) is 16.2. The molecule has 8 heteroatoms. The lowest BCUT2D eigenvalue weighted by molar-refractivity contribution is 0.0689. The molecule has 0 saturated heterocycles. The Labute approximate surface area is 129 Å². The van der Waals surface area contributed by atoms with Crippen molar-refractivity contribution in [1.82, 2.24) is 4.57 Å². The number of nitrogens with zero attached hydrogens (tertiary/aromatic N) is 1. The molecule has 2 heterocycles. The van der Waals surface area contributed by atoms with Crippen LogP contribution in [0.3, 0.4) is 0 Å². The lowest BCUT2D eigenvalue weighted by Crippen LogP contribution is -2.28. The number of aromatic carboxylic acids is 1. The average molecular weight is 323 g/mol. The summed E-state index contributed by atoms with van der Waals surface area (Å²) in [7, 11) is 0. The first-order valence-electron chi connectivity index (χ1n) is 6.71. The van der Waals surface area contributed by atoms with Crippen LogP contribution in [0.2, 0.25) is 0 Å². The molecule has 0 amide bonds. The highest BCUT2D eigenvalue weighted by Crippen LogP contribution is 2.46. The van der Waals surface area contributed by atoms with E-state index in [0.717, 1.165) is 6.07 Å². The molecule has 0 fully saturated rings. The quantitative estimate of drug-likeness (QED) is 0.794. The standard InChI is InChI=1S/C14H14FN3O3S/c1-6-18-10-5-9(17-3-2-16)8(15)4-7(10)12(19)11(14(20)21)13(18)22-6/h4-6,17H,2-3,16H2,1H3,(H,20,21). The van der Waals surface area contributed by atoms with E-state index in [1.54, 1.807) is 4.57 Å². The van der Waals surface area contributed by atoms with Crippen LogP contribution in [-0.4, -0.2) is 28.7 Å². The van der Waals surface area contributed by atoms with E-state index in [4.69, 9.17) is 5.73 Å². The fourth-order valence-corrected chi connectivity index (χ4v) is 3.73. The van der Waals surface area contributed by atoms with Crippen molar-refractivity contribution < 1.29 is 14.3 Å². The van der Waals surface area contributed by atoms with Crippen molar-refractivity contribution in [3.63, 3.8) is 0 Å². The Hall–Kier alpha value is -2.06. The van der Waals surface area contributed by atoms with Gasteiger partial charge in [-0.1, -0.05) is 11.8 Å². The molecule has 116 valence electrons. The molecule has 3 rings (SSSR count). The Bertz CT molecular complexity index is 850. The lowest BCUT2D eigenvalue weighted by Gasteiger charge is -2.32. The van der Waals surface area contributed by atoms with Gasteiger partial charge in [-0.3, -0.25) is 4.79 Å². The highest BCUT2D eigenvalue weighted by molar-refractivity contribution is 8.00. The minimum atomic E-state index is -1.29. The molecule has 1 aromatic heterocycles. The van der Waals surface area contributed by atoms with Crippen LogP contribution in [-0.2, 0) is 0 Å². The Morgan fingerprint density at radius 2 is 2.27 bits per heavy atom. The number of hydrogen-bond acceptors (Lipinski definition) is 5. The number of carboxylic acid groups (broad SMARTS) is 1. The Kier molecular flexibility index (Phi) is 3.57. The fraction of sp³-hybridized carbons (Fsp3) is 0.286. The van der Waals surface area contributed by atoms with Gasteiger partial charge >= 0.3 is 5.97 Å². The van der Waals surface area contributed by atoms with E-state index in [-0.39, 0.29) is 22.0 Å². The van der Waals surface area contributed by atoms with Crippen LogP contribution in [0, 0.1) is 5.82 Å². The first kappa shape index (κ1) is 14.9. The highest BCUT2D eigenvalue weighted by atomic mass is 32.2. The predicted octanol–water partition coefficient (Wildman–Crippen LogP) is 1.83.